The molecule has 0 aliphatic carbocycles. The van der Waals surface area contributed by atoms with Gasteiger partial charge in [0.2, 0.25) is 5.91 Å². The van der Waals surface area contributed by atoms with Crippen molar-refractivity contribution in [1.29, 1.82) is 0 Å². The zero-order valence-corrected chi connectivity index (χ0v) is 15.3. The van der Waals surface area contributed by atoms with Gasteiger partial charge in [0, 0.05) is 38.2 Å². The topological polar surface area (TPSA) is 88.5 Å². The van der Waals surface area contributed by atoms with Crippen LogP contribution in [0.5, 0.6) is 0 Å². The van der Waals surface area contributed by atoms with Gasteiger partial charge in [0.25, 0.3) is 0 Å². The van der Waals surface area contributed by atoms with Crippen LogP contribution in [0.4, 0.5) is 5.82 Å². The van der Waals surface area contributed by atoms with E-state index in [1.165, 1.54) is 0 Å². The maximum atomic E-state index is 12.5. The molecule has 7 nitrogen and oxygen atoms in total. The molecule has 1 amide bonds. The van der Waals surface area contributed by atoms with Crippen LogP contribution < -0.4 is 5.73 Å². The zero-order chi connectivity index (χ0) is 18.4. The van der Waals surface area contributed by atoms with Crippen molar-refractivity contribution in [3.63, 3.8) is 0 Å². The van der Waals surface area contributed by atoms with Crippen molar-refractivity contribution >= 4 is 11.7 Å². The number of rotatable bonds is 6. The van der Waals surface area contributed by atoms with Crippen LogP contribution in [0.3, 0.4) is 0 Å². The third kappa shape index (κ3) is 5.05. The highest BCUT2D eigenvalue weighted by Crippen LogP contribution is 2.18. The molecule has 0 bridgehead atoms. The first-order valence-corrected chi connectivity index (χ1v) is 9.19. The Hall–Kier alpha value is -2.41. The summed E-state index contributed by atoms with van der Waals surface area (Å²) in [5.41, 5.74) is 5.73. The molecule has 1 fully saturated rings. The number of nitrogens with zero attached hydrogens (tertiary/aromatic N) is 4. The average Bonchev–Trinajstić information content (AvgIpc) is 3.02. The number of aromatic nitrogens is 2. The first-order chi connectivity index (χ1) is 12.6. The molecule has 3 rings (SSSR count). The summed E-state index contributed by atoms with van der Waals surface area (Å²) in [7, 11) is 2.09. The van der Waals surface area contributed by atoms with Crippen molar-refractivity contribution in [2.24, 2.45) is 0 Å². The highest BCUT2D eigenvalue weighted by molar-refractivity contribution is 5.76. The van der Waals surface area contributed by atoms with Crippen LogP contribution in [0.1, 0.15) is 37.3 Å². The number of nitrogen functional groups attached to an aromatic ring is 1. The number of anilines is 1. The minimum atomic E-state index is 0.212. The van der Waals surface area contributed by atoms with E-state index in [4.69, 9.17) is 10.2 Å². The molecule has 1 atom stereocenters. The van der Waals surface area contributed by atoms with Crippen molar-refractivity contribution in [2.45, 2.75) is 44.7 Å². The molecule has 0 spiro atoms. The summed E-state index contributed by atoms with van der Waals surface area (Å²) in [6, 6.07) is 5.89. The molecule has 2 aromatic rings. The quantitative estimate of drug-likeness (QED) is 0.852. The highest BCUT2D eigenvalue weighted by atomic mass is 16.3. The smallest absolute Gasteiger partial charge is 0.223 e. The second kappa shape index (κ2) is 8.80. The first kappa shape index (κ1) is 18.4. The van der Waals surface area contributed by atoms with Crippen LogP contribution in [0, 0.1) is 0 Å². The SMILES string of the molecule is CN(Cc1nccc(N)n1)[C@@H]1CCCN(C(=O)CCc2ccco2)CC1. The molecule has 26 heavy (non-hydrogen) atoms. The van der Waals surface area contributed by atoms with Gasteiger partial charge in [-0.05, 0) is 44.5 Å². The molecular formula is C19H27N5O2. The number of carbonyl (C=O) groups is 1. The number of likely N-dealkylation sites (tertiary alicyclic amines) is 1. The van der Waals surface area contributed by atoms with E-state index in [0.717, 1.165) is 43.9 Å². The van der Waals surface area contributed by atoms with E-state index in [2.05, 4.69) is 21.9 Å². The number of nitrogens with two attached hydrogens (primary N) is 1. The van der Waals surface area contributed by atoms with Crippen LogP contribution in [0.2, 0.25) is 0 Å². The van der Waals surface area contributed by atoms with Gasteiger partial charge in [-0.2, -0.15) is 0 Å². The van der Waals surface area contributed by atoms with E-state index in [1.807, 2.05) is 17.0 Å². The number of furan rings is 1. The molecule has 3 heterocycles. The molecule has 0 unspecified atom stereocenters. The van der Waals surface area contributed by atoms with Crippen LogP contribution in [-0.2, 0) is 17.8 Å². The lowest BCUT2D eigenvalue weighted by atomic mass is 10.1. The fourth-order valence-electron chi connectivity index (χ4n) is 3.46. The minimum Gasteiger partial charge on any atom is -0.469 e. The summed E-state index contributed by atoms with van der Waals surface area (Å²) in [5, 5.41) is 0. The molecule has 140 valence electrons. The highest BCUT2D eigenvalue weighted by Gasteiger charge is 2.23. The summed E-state index contributed by atoms with van der Waals surface area (Å²) in [6.07, 6.45) is 7.56. The van der Waals surface area contributed by atoms with Crippen LogP contribution >= 0.6 is 0 Å². The third-order valence-corrected chi connectivity index (χ3v) is 4.96. The third-order valence-electron chi connectivity index (χ3n) is 4.96. The van der Waals surface area contributed by atoms with E-state index >= 15 is 0 Å². The molecule has 2 aromatic heterocycles. The number of amides is 1. The summed E-state index contributed by atoms with van der Waals surface area (Å²) >= 11 is 0. The molecule has 1 aliphatic heterocycles. The molecule has 1 saturated heterocycles. The Balaban J connectivity index is 1.48. The van der Waals surface area contributed by atoms with E-state index in [1.54, 1.807) is 18.5 Å². The van der Waals surface area contributed by atoms with Crippen LogP contribution in [0.15, 0.2) is 35.1 Å². The summed E-state index contributed by atoms with van der Waals surface area (Å²) in [5.74, 6) is 2.32. The maximum Gasteiger partial charge on any atom is 0.223 e. The fourth-order valence-corrected chi connectivity index (χ4v) is 3.46. The number of carbonyl (C=O) groups excluding carboxylic acids is 1. The van der Waals surface area contributed by atoms with Crippen molar-refractivity contribution in [3.8, 4) is 0 Å². The fraction of sp³-hybridized carbons (Fsp3) is 0.526. The Morgan fingerprint density at radius 1 is 1.38 bits per heavy atom. The van der Waals surface area contributed by atoms with Gasteiger partial charge < -0.3 is 15.1 Å². The van der Waals surface area contributed by atoms with Crippen molar-refractivity contribution < 1.29 is 9.21 Å². The molecule has 1 aliphatic rings. The Morgan fingerprint density at radius 3 is 3.04 bits per heavy atom. The predicted octanol–water partition coefficient (Wildman–Crippen LogP) is 2.10. The second-order valence-electron chi connectivity index (χ2n) is 6.86. The van der Waals surface area contributed by atoms with Crippen LogP contribution in [0.25, 0.3) is 0 Å². The molecule has 0 radical (unpaired) electrons. The molecule has 7 heteroatoms. The van der Waals surface area contributed by atoms with Gasteiger partial charge in [-0.15, -0.1) is 0 Å². The van der Waals surface area contributed by atoms with E-state index in [9.17, 15) is 4.79 Å². The molecule has 0 saturated carbocycles. The molecular weight excluding hydrogens is 330 g/mol. The normalized spacial score (nSPS) is 18.1. The van der Waals surface area contributed by atoms with E-state index in [0.29, 0.717) is 31.2 Å². The zero-order valence-electron chi connectivity index (χ0n) is 15.3. The molecule has 0 aromatic carbocycles. The van der Waals surface area contributed by atoms with Gasteiger partial charge >= 0.3 is 0 Å². The predicted molar refractivity (Wildman–Crippen MR) is 99.2 cm³/mol. The van der Waals surface area contributed by atoms with Gasteiger partial charge in [-0.3, -0.25) is 9.69 Å². The Kier molecular flexibility index (Phi) is 6.22. The molecule has 2 N–H and O–H groups in total. The Labute approximate surface area is 154 Å². The Morgan fingerprint density at radius 2 is 2.27 bits per heavy atom. The summed E-state index contributed by atoms with van der Waals surface area (Å²) in [6.45, 7) is 2.29. The second-order valence-corrected chi connectivity index (χ2v) is 6.86. The first-order valence-electron chi connectivity index (χ1n) is 9.19. The van der Waals surface area contributed by atoms with Gasteiger partial charge in [0.05, 0.1) is 12.8 Å². The van der Waals surface area contributed by atoms with Crippen molar-refractivity contribution in [2.75, 3.05) is 25.9 Å². The summed E-state index contributed by atoms with van der Waals surface area (Å²) < 4.78 is 5.31. The Bertz CT molecular complexity index is 704. The van der Waals surface area contributed by atoms with Crippen LogP contribution in [-0.4, -0.2) is 51.9 Å². The van der Waals surface area contributed by atoms with Crippen molar-refractivity contribution in [1.82, 2.24) is 19.8 Å². The van der Waals surface area contributed by atoms with Gasteiger partial charge in [0.15, 0.2) is 0 Å². The van der Waals surface area contributed by atoms with Gasteiger partial charge in [-0.25, -0.2) is 9.97 Å². The lowest BCUT2D eigenvalue weighted by molar-refractivity contribution is -0.131. The van der Waals surface area contributed by atoms with Gasteiger partial charge in [0.1, 0.15) is 17.4 Å². The maximum absolute atomic E-state index is 12.5. The number of aryl methyl sites for hydroxylation is 1. The van der Waals surface area contributed by atoms with Gasteiger partial charge in [-0.1, -0.05) is 0 Å². The standard InChI is InChI=1S/C19H27N5O2/c1-23(14-18-21-10-8-17(20)22-18)15-4-2-11-24(12-9-15)19(25)7-6-16-5-3-13-26-16/h3,5,8,10,13,15H,2,4,6-7,9,11-12,14H2,1H3,(H2,20,21,22)/t15-/m1/s1. The lowest BCUT2D eigenvalue weighted by Crippen LogP contribution is -2.35. The lowest BCUT2D eigenvalue weighted by Gasteiger charge is -2.26. The number of hydrogen-bond donors (Lipinski definition) is 1. The van der Waals surface area contributed by atoms with Crippen molar-refractivity contribution in [3.05, 3.63) is 42.2 Å². The largest absolute Gasteiger partial charge is 0.469 e. The van der Waals surface area contributed by atoms with E-state index < -0.39 is 0 Å². The average molecular weight is 357 g/mol. The summed E-state index contributed by atoms with van der Waals surface area (Å²) in [4.78, 5) is 25.3. The number of hydrogen-bond acceptors (Lipinski definition) is 6. The monoisotopic (exact) mass is 357 g/mol. The van der Waals surface area contributed by atoms with E-state index in [-0.39, 0.29) is 5.91 Å². The minimum absolute atomic E-state index is 0.212.